The molecule has 4 heteroatoms. The van der Waals surface area contributed by atoms with E-state index in [0.29, 0.717) is 19.1 Å². The van der Waals surface area contributed by atoms with Crippen LogP contribution in [0.25, 0.3) is 0 Å². The molecule has 0 spiro atoms. The van der Waals surface area contributed by atoms with Crippen molar-refractivity contribution in [3.63, 3.8) is 0 Å². The molecule has 2 fully saturated rings. The third-order valence-electron chi connectivity index (χ3n) is 4.77. The fraction of sp³-hybridized carbons (Fsp3) is 0.857. The SMILES string of the molecule is CCOC(=O)C1(C(=O)OCC)[C@@H]2CC[C@@H](C2)[C@H]1C. The zero-order valence-corrected chi connectivity index (χ0v) is 11.4. The van der Waals surface area contributed by atoms with Gasteiger partial charge < -0.3 is 9.47 Å². The highest BCUT2D eigenvalue weighted by molar-refractivity contribution is 6.01. The van der Waals surface area contributed by atoms with Crippen LogP contribution in [-0.2, 0) is 19.1 Å². The maximum Gasteiger partial charge on any atom is 0.324 e. The van der Waals surface area contributed by atoms with Gasteiger partial charge in [-0.05, 0) is 50.9 Å². The van der Waals surface area contributed by atoms with Crippen molar-refractivity contribution in [3.05, 3.63) is 0 Å². The fourth-order valence-electron chi connectivity index (χ4n) is 3.92. The molecule has 0 radical (unpaired) electrons. The van der Waals surface area contributed by atoms with Crippen LogP contribution in [0.1, 0.15) is 40.0 Å². The second-order valence-electron chi connectivity index (χ2n) is 5.37. The quantitative estimate of drug-likeness (QED) is 0.570. The highest BCUT2D eigenvalue weighted by Crippen LogP contribution is 2.60. The van der Waals surface area contributed by atoms with Gasteiger partial charge in [-0.1, -0.05) is 6.92 Å². The molecule has 0 saturated heterocycles. The van der Waals surface area contributed by atoms with E-state index in [2.05, 4.69) is 0 Å². The summed E-state index contributed by atoms with van der Waals surface area (Å²) < 4.78 is 10.4. The number of fused-ring (bicyclic) bond motifs is 2. The molecule has 0 aliphatic heterocycles. The van der Waals surface area contributed by atoms with Crippen LogP contribution in [-0.4, -0.2) is 25.2 Å². The molecule has 0 unspecified atom stereocenters. The molecule has 2 aliphatic rings. The zero-order valence-electron chi connectivity index (χ0n) is 11.4. The van der Waals surface area contributed by atoms with Crippen LogP contribution in [0.2, 0.25) is 0 Å². The van der Waals surface area contributed by atoms with E-state index in [9.17, 15) is 9.59 Å². The summed E-state index contributed by atoms with van der Waals surface area (Å²) in [7, 11) is 0. The Morgan fingerprint density at radius 2 is 1.67 bits per heavy atom. The van der Waals surface area contributed by atoms with Gasteiger partial charge in [0.15, 0.2) is 5.41 Å². The predicted molar refractivity (Wildman–Crippen MR) is 65.7 cm³/mol. The van der Waals surface area contributed by atoms with Crippen molar-refractivity contribution < 1.29 is 19.1 Å². The predicted octanol–water partition coefficient (Wildman–Crippen LogP) is 2.17. The first-order chi connectivity index (χ1) is 8.58. The second-order valence-corrected chi connectivity index (χ2v) is 5.37. The summed E-state index contributed by atoms with van der Waals surface area (Å²) in [5.41, 5.74) is -1.03. The number of esters is 2. The summed E-state index contributed by atoms with van der Waals surface area (Å²) in [4.78, 5) is 24.7. The number of ether oxygens (including phenoxy) is 2. The van der Waals surface area contributed by atoms with Crippen molar-refractivity contribution in [3.8, 4) is 0 Å². The zero-order chi connectivity index (χ0) is 13.3. The van der Waals surface area contributed by atoms with E-state index in [0.717, 1.165) is 19.3 Å². The molecule has 2 aliphatic carbocycles. The third-order valence-corrected chi connectivity index (χ3v) is 4.77. The summed E-state index contributed by atoms with van der Waals surface area (Å²) in [5, 5.41) is 0. The van der Waals surface area contributed by atoms with Gasteiger partial charge in [0.2, 0.25) is 0 Å². The first-order valence-corrected chi connectivity index (χ1v) is 6.93. The standard InChI is InChI=1S/C14H22O4/c1-4-17-12(15)14(13(16)18-5-2)9(3)10-6-7-11(14)8-10/h9-11H,4-8H2,1-3H3/t9-,10+,11-/m1/s1. The molecular weight excluding hydrogens is 232 g/mol. The van der Waals surface area contributed by atoms with Gasteiger partial charge in [-0.3, -0.25) is 9.59 Å². The smallest absolute Gasteiger partial charge is 0.324 e. The average molecular weight is 254 g/mol. The molecule has 0 N–H and O–H groups in total. The van der Waals surface area contributed by atoms with Crippen molar-refractivity contribution in [2.24, 2.45) is 23.2 Å². The van der Waals surface area contributed by atoms with Crippen LogP contribution in [0.5, 0.6) is 0 Å². The lowest BCUT2D eigenvalue weighted by atomic mass is 9.66. The molecule has 4 nitrogen and oxygen atoms in total. The molecule has 0 aromatic heterocycles. The van der Waals surface area contributed by atoms with Gasteiger partial charge >= 0.3 is 11.9 Å². The van der Waals surface area contributed by atoms with Gasteiger partial charge in [0.1, 0.15) is 0 Å². The van der Waals surface area contributed by atoms with Crippen LogP contribution < -0.4 is 0 Å². The average Bonchev–Trinajstić information content (AvgIpc) is 2.89. The first kappa shape index (κ1) is 13.4. The van der Waals surface area contributed by atoms with E-state index in [-0.39, 0.29) is 23.8 Å². The molecule has 0 aromatic carbocycles. The van der Waals surface area contributed by atoms with Crippen molar-refractivity contribution in [1.82, 2.24) is 0 Å². The molecule has 0 aromatic rings. The van der Waals surface area contributed by atoms with Crippen LogP contribution in [0.15, 0.2) is 0 Å². The third kappa shape index (κ3) is 1.65. The summed E-state index contributed by atoms with van der Waals surface area (Å²) in [5.74, 6) is -0.139. The van der Waals surface area contributed by atoms with E-state index < -0.39 is 5.41 Å². The summed E-state index contributed by atoms with van der Waals surface area (Å²) in [6.07, 6.45) is 3.01. The molecule has 2 rings (SSSR count). The Morgan fingerprint density at radius 3 is 2.06 bits per heavy atom. The van der Waals surface area contributed by atoms with Gasteiger partial charge in [0.05, 0.1) is 13.2 Å². The minimum absolute atomic E-state index is 0.0364. The number of hydrogen-bond acceptors (Lipinski definition) is 4. The molecule has 2 saturated carbocycles. The minimum Gasteiger partial charge on any atom is -0.465 e. The lowest BCUT2D eigenvalue weighted by Crippen LogP contribution is -2.50. The van der Waals surface area contributed by atoms with Crippen LogP contribution >= 0.6 is 0 Å². The molecule has 0 amide bonds. The highest BCUT2D eigenvalue weighted by atomic mass is 16.6. The molecular formula is C14H22O4. The fourth-order valence-corrected chi connectivity index (χ4v) is 3.92. The number of carbonyl (C=O) groups is 2. The highest BCUT2D eigenvalue weighted by Gasteiger charge is 2.66. The van der Waals surface area contributed by atoms with Gasteiger partial charge in [-0.25, -0.2) is 0 Å². The Bertz CT molecular complexity index is 328. The maximum absolute atomic E-state index is 12.4. The summed E-state index contributed by atoms with van der Waals surface area (Å²) in [6, 6.07) is 0. The Labute approximate surface area is 108 Å². The van der Waals surface area contributed by atoms with E-state index in [1.165, 1.54) is 0 Å². The van der Waals surface area contributed by atoms with Crippen molar-refractivity contribution in [2.75, 3.05) is 13.2 Å². The number of carbonyl (C=O) groups excluding carboxylic acids is 2. The van der Waals surface area contributed by atoms with E-state index in [1.807, 2.05) is 6.92 Å². The Morgan fingerprint density at radius 1 is 1.11 bits per heavy atom. The Balaban J connectivity index is 2.34. The van der Waals surface area contributed by atoms with E-state index in [4.69, 9.17) is 9.47 Å². The molecule has 0 heterocycles. The Kier molecular flexibility index (Phi) is 3.64. The van der Waals surface area contributed by atoms with Crippen molar-refractivity contribution in [2.45, 2.75) is 40.0 Å². The number of rotatable bonds is 4. The second kappa shape index (κ2) is 4.90. The normalized spacial score (nSPS) is 32.3. The van der Waals surface area contributed by atoms with Crippen molar-refractivity contribution >= 4 is 11.9 Å². The monoisotopic (exact) mass is 254 g/mol. The lowest BCUT2D eigenvalue weighted by molar-refractivity contribution is -0.180. The minimum atomic E-state index is -1.03. The van der Waals surface area contributed by atoms with Gasteiger partial charge in [-0.15, -0.1) is 0 Å². The first-order valence-electron chi connectivity index (χ1n) is 6.93. The van der Waals surface area contributed by atoms with Crippen LogP contribution in [0.4, 0.5) is 0 Å². The molecule has 2 bridgehead atoms. The van der Waals surface area contributed by atoms with Gasteiger partial charge in [0.25, 0.3) is 0 Å². The van der Waals surface area contributed by atoms with Crippen molar-refractivity contribution in [1.29, 1.82) is 0 Å². The van der Waals surface area contributed by atoms with Crippen LogP contribution in [0.3, 0.4) is 0 Å². The van der Waals surface area contributed by atoms with Gasteiger partial charge in [0, 0.05) is 0 Å². The maximum atomic E-state index is 12.4. The topological polar surface area (TPSA) is 52.6 Å². The molecule has 3 atom stereocenters. The Hall–Kier alpha value is -1.06. The van der Waals surface area contributed by atoms with E-state index in [1.54, 1.807) is 13.8 Å². The summed E-state index contributed by atoms with van der Waals surface area (Å²) in [6.45, 7) is 6.16. The summed E-state index contributed by atoms with van der Waals surface area (Å²) >= 11 is 0. The number of hydrogen-bond donors (Lipinski definition) is 0. The van der Waals surface area contributed by atoms with E-state index >= 15 is 0 Å². The molecule has 102 valence electrons. The molecule has 18 heavy (non-hydrogen) atoms. The largest absolute Gasteiger partial charge is 0.465 e. The van der Waals surface area contributed by atoms with Crippen LogP contribution in [0, 0.1) is 23.2 Å². The van der Waals surface area contributed by atoms with Gasteiger partial charge in [-0.2, -0.15) is 0 Å². The lowest BCUT2D eigenvalue weighted by Gasteiger charge is -2.37.